The smallest absolute Gasteiger partial charge is 0.0786 e. The molecule has 0 amide bonds. The van der Waals surface area contributed by atoms with Crippen LogP contribution >= 0.6 is 0 Å². The molecule has 0 spiro atoms. The average Bonchev–Trinajstić information content (AvgIpc) is 3.22. The zero-order valence-electron chi connectivity index (χ0n) is 29.4. The van der Waals surface area contributed by atoms with E-state index in [-0.39, 0.29) is 0 Å². The Morgan fingerprint density at radius 1 is 0.321 bits per heavy atom. The molecule has 0 aliphatic rings. The van der Waals surface area contributed by atoms with Crippen LogP contribution in [0.4, 0.5) is 0 Å². The van der Waals surface area contributed by atoms with Crippen molar-refractivity contribution in [1.82, 2.24) is 4.98 Å². The normalized spacial score (nSPS) is 11.5. The average molecular weight is 674 g/mol. The highest BCUT2D eigenvalue weighted by molar-refractivity contribution is 6.24. The molecule has 53 heavy (non-hydrogen) atoms. The van der Waals surface area contributed by atoms with E-state index in [1.54, 1.807) is 0 Å². The van der Waals surface area contributed by atoms with E-state index >= 15 is 0 Å². The first-order valence-electron chi connectivity index (χ1n) is 18.3. The van der Waals surface area contributed by atoms with Gasteiger partial charge in [0.2, 0.25) is 0 Å². The van der Waals surface area contributed by atoms with Crippen molar-refractivity contribution in [3.63, 3.8) is 0 Å². The van der Waals surface area contributed by atoms with Gasteiger partial charge < -0.3 is 0 Å². The number of aryl methyl sites for hydroxylation is 1. The molecule has 0 aliphatic carbocycles. The summed E-state index contributed by atoms with van der Waals surface area (Å²) in [7, 11) is 0. The summed E-state index contributed by atoms with van der Waals surface area (Å²) < 4.78 is 0. The van der Waals surface area contributed by atoms with Gasteiger partial charge in [-0.05, 0) is 101 Å². The highest BCUT2D eigenvalue weighted by Gasteiger charge is 2.19. The van der Waals surface area contributed by atoms with Gasteiger partial charge in [-0.15, -0.1) is 0 Å². The molecule has 0 bridgehead atoms. The molecule has 248 valence electrons. The van der Waals surface area contributed by atoms with Gasteiger partial charge in [-0.3, -0.25) is 4.98 Å². The van der Waals surface area contributed by atoms with Crippen LogP contribution in [0.1, 0.15) is 5.56 Å². The van der Waals surface area contributed by atoms with E-state index in [1.165, 1.54) is 82.0 Å². The first-order valence-corrected chi connectivity index (χ1v) is 18.3. The SMILES string of the molecule is Cc1ccc(-c2cccc3c(-c4c5ccccc5c(-c5cccc(-c6cccnc6-c6cccc7ccccc67)c5)c5ccccc45)cccc23)cc1. The minimum Gasteiger partial charge on any atom is -0.256 e. The first-order chi connectivity index (χ1) is 26.2. The number of pyridine rings is 1. The van der Waals surface area contributed by atoms with Crippen LogP contribution in [0.25, 0.3) is 98.9 Å². The first kappa shape index (κ1) is 30.9. The van der Waals surface area contributed by atoms with E-state index in [0.717, 1.165) is 22.4 Å². The third-order valence-electron chi connectivity index (χ3n) is 10.8. The Morgan fingerprint density at radius 2 is 0.830 bits per heavy atom. The van der Waals surface area contributed by atoms with Crippen LogP contribution in [0.2, 0.25) is 0 Å². The Kier molecular flexibility index (Phi) is 7.44. The number of fused-ring (bicyclic) bond motifs is 4. The lowest BCUT2D eigenvalue weighted by Gasteiger charge is -2.20. The third-order valence-corrected chi connectivity index (χ3v) is 10.8. The van der Waals surface area contributed by atoms with Gasteiger partial charge in [0.15, 0.2) is 0 Å². The highest BCUT2D eigenvalue weighted by Crippen LogP contribution is 2.47. The topological polar surface area (TPSA) is 12.9 Å². The molecule has 10 rings (SSSR count). The van der Waals surface area contributed by atoms with Gasteiger partial charge in [0.1, 0.15) is 0 Å². The van der Waals surface area contributed by atoms with Crippen LogP contribution in [-0.4, -0.2) is 4.98 Å². The lowest BCUT2D eigenvalue weighted by atomic mass is 9.83. The second kappa shape index (κ2) is 12.7. The molecule has 1 nitrogen and oxygen atoms in total. The van der Waals surface area contributed by atoms with Gasteiger partial charge in [0.05, 0.1) is 5.69 Å². The summed E-state index contributed by atoms with van der Waals surface area (Å²) in [5, 5.41) is 9.92. The lowest BCUT2D eigenvalue weighted by Crippen LogP contribution is -1.93. The Labute approximate surface area is 309 Å². The summed E-state index contributed by atoms with van der Waals surface area (Å²) in [5.41, 5.74) is 13.1. The third kappa shape index (κ3) is 5.21. The summed E-state index contributed by atoms with van der Waals surface area (Å²) in [6.07, 6.45) is 1.90. The summed E-state index contributed by atoms with van der Waals surface area (Å²) >= 11 is 0. The summed E-state index contributed by atoms with van der Waals surface area (Å²) in [4.78, 5) is 4.98. The van der Waals surface area contributed by atoms with Crippen LogP contribution in [0, 0.1) is 6.92 Å². The molecule has 0 N–H and O–H groups in total. The fourth-order valence-electron chi connectivity index (χ4n) is 8.37. The zero-order valence-corrected chi connectivity index (χ0v) is 29.4. The van der Waals surface area contributed by atoms with Gasteiger partial charge in [-0.25, -0.2) is 0 Å². The number of rotatable bonds is 5. The van der Waals surface area contributed by atoms with Gasteiger partial charge in [-0.1, -0.05) is 181 Å². The molecule has 1 aromatic heterocycles. The van der Waals surface area contributed by atoms with Crippen molar-refractivity contribution < 1.29 is 0 Å². The Bertz CT molecular complexity index is 2940. The molecular formula is C52H35N. The summed E-state index contributed by atoms with van der Waals surface area (Å²) in [6.45, 7) is 2.14. The Morgan fingerprint density at radius 3 is 1.57 bits per heavy atom. The van der Waals surface area contributed by atoms with E-state index in [4.69, 9.17) is 4.98 Å². The molecule has 10 aromatic rings. The van der Waals surface area contributed by atoms with Crippen molar-refractivity contribution in [2.45, 2.75) is 6.92 Å². The molecule has 0 radical (unpaired) electrons. The van der Waals surface area contributed by atoms with Crippen molar-refractivity contribution >= 4 is 43.1 Å². The zero-order chi connectivity index (χ0) is 35.3. The van der Waals surface area contributed by atoms with Gasteiger partial charge in [0, 0.05) is 17.3 Å². The minimum atomic E-state index is 0.993. The highest BCUT2D eigenvalue weighted by atomic mass is 14.7. The van der Waals surface area contributed by atoms with Crippen molar-refractivity contribution in [3.05, 3.63) is 200 Å². The van der Waals surface area contributed by atoms with E-state index in [9.17, 15) is 0 Å². The van der Waals surface area contributed by atoms with Crippen molar-refractivity contribution in [1.29, 1.82) is 0 Å². The van der Waals surface area contributed by atoms with Gasteiger partial charge >= 0.3 is 0 Å². The standard InChI is InChI=1S/C52H35N/c1-34-28-30-36(31-29-34)39-22-10-24-43-42(39)23-11-25-44(43)51-47-20-6-4-18-45(47)50(46-19-5-7-21-48(46)51)38-16-8-15-37(33-38)41-27-12-32-53-52(41)49-26-9-14-35-13-2-3-17-40(35)49/h2-33H,1H3. The predicted molar refractivity (Wildman–Crippen MR) is 226 cm³/mol. The Hall–Kier alpha value is -6.83. The monoisotopic (exact) mass is 673 g/mol. The molecule has 0 fully saturated rings. The van der Waals surface area contributed by atoms with Crippen molar-refractivity contribution in [2.24, 2.45) is 0 Å². The fourth-order valence-corrected chi connectivity index (χ4v) is 8.37. The molecule has 9 aromatic carbocycles. The number of aromatic nitrogens is 1. The van der Waals surface area contributed by atoms with Crippen LogP contribution in [-0.2, 0) is 0 Å². The summed E-state index contributed by atoms with van der Waals surface area (Å²) in [6, 6.07) is 68.6. The van der Waals surface area contributed by atoms with E-state index < -0.39 is 0 Å². The minimum absolute atomic E-state index is 0.993. The van der Waals surface area contributed by atoms with Crippen LogP contribution in [0.15, 0.2) is 194 Å². The molecule has 1 heteroatoms. The second-order valence-electron chi connectivity index (χ2n) is 13.9. The van der Waals surface area contributed by atoms with Crippen LogP contribution in [0.3, 0.4) is 0 Å². The van der Waals surface area contributed by atoms with Crippen molar-refractivity contribution in [3.8, 4) is 55.8 Å². The molecule has 0 atom stereocenters. The maximum absolute atomic E-state index is 4.98. The quantitative estimate of drug-likeness (QED) is 0.166. The summed E-state index contributed by atoms with van der Waals surface area (Å²) in [5.74, 6) is 0. The molecule has 0 aliphatic heterocycles. The predicted octanol–water partition coefficient (Wildman–Crippen LogP) is 14.3. The molecule has 1 heterocycles. The van der Waals surface area contributed by atoms with Crippen LogP contribution in [0.5, 0.6) is 0 Å². The number of nitrogens with zero attached hydrogens (tertiary/aromatic N) is 1. The largest absolute Gasteiger partial charge is 0.256 e. The fraction of sp³-hybridized carbons (Fsp3) is 0.0192. The molecule has 0 saturated carbocycles. The van der Waals surface area contributed by atoms with Gasteiger partial charge in [0.25, 0.3) is 0 Å². The molecule has 0 unspecified atom stereocenters. The van der Waals surface area contributed by atoms with Crippen LogP contribution < -0.4 is 0 Å². The lowest BCUT2D eigenvalue weighted by molar-refractivity contribution is 1.33. The van der Waals surface area contributed by atoms with Gasteiger partial charge in [-0.2, -0.15) is 0 Å². The maximum atomic E-state index is 4.98. The second-order valence-corrected chi connectivity index (χ2v) is 13.9. The van der Waals surface area contributed by atoms with E-state index in [0.29, 0.717) is 0 Å². The number of benzene rings is 9. The molecular weight excluding hydrogens is 639 g/mol. The Balaban J connectivity index is 1.20. The maximum Gasteiger partial charge on any atom is 0.0786 e. The van der Waals surface area contributed by atoms with E-state index in [1.807, 2.05) is 12.3 Å². The van der Waals surface area contributed by atoms with Crippen molar-refractivity contribution in [2.75, 3.05) is 0 Å². The molecule has 0 saturated heterocycles. The number of hydrogen-bond acceptors (Lipinski definition) is 1. The number of hydrogen-bond donors (Lipinski definition) is 0. The van der Waals surface area contributed by atoms with E-state index in [2.05, 4.69) is 189 Å².